The van der Waals surface area contributed by atoms with E-state index < -0.39 is 0 Å². The summed E-state index contributed by atoms with van der Waals surface area (Å²) in [5, 5.41) is 10.6. The Morgan fingerprint density at radius 1 is 1.03 bits per heavy atom. The Hall–Kier alpha value is -3.88. The van der Waals surface area contributed by atoms with Gasteiger partial charge in [-0.3, -0.25) is 4.79 Å². The van der Waals surface area contributed by atoms with Crippen molar-refractivity contribution in [2.45, 2.75) is 20.8 Å². The van der Waals surface area contributed by atoms with Crippen molar-refractivity contribution in [1.82, 2.24) is 10.4 Å². The fraction of sp³-hybridized carbons (Fsp3) is 0.179. The minimum absolute atomic E-state index is 0.338. The Morgan fingerprint density at radius 3 is 2.38 bits per heavy atom. The van der Waals surface area contributed by atoms with Crippen LogP contribution < -0.4 is 20.2 Å². The van der Waals surface area contributed by atoms with Crippen LogP contribution in [0.4, 0.5) is 10.8 Å². The van der Waals surface area contributed by atoms with E-state index in [2.05, 4.69) is 39.9 Å². The fourth-order valence-corrected chi connectivity index (χ4v) is 4.37. The SMILES string of the molecule is CCOc1cc(Cl)c(/C=N\NC(=O)c2ccc(-c3csc(Nc4ccc(C)cc4)n3)cc2)cc1OCC. The highest BCUT2D eigenvalue weighted by Crippen LogP contribution is 2.33. The maximum atomic E-state index is 12.6. The number of hydrogen-bond acceptors (Lipinski definition) is 7. The van der Waals surface area contributed by atoms with Crippen LogP contribution in [0.2, 0.25) is 5.02 Å². The number of ether oxygens (including phenoxy) is 2. The maximum absolute atomic E-state index is 12.6. The lowest BCUT2D eigenvalue weighted by Crippen LogP contribution is -2.17. The third-order valence-electron chi connectivity index (χ3n) is 5.28. The summed E-state index contributed by atoms with van der Waals surface area (Å²) in [5.74, 6) is 0.792. The molecule has 0 radical (unpaired) electrons. The maximum Gasteiger partial charge on any atom is 0.271 e. The average Bonchev–Trinajstić information content (AvgIpc) is 3.36. The van der Waals surface area contributed by atoms with Gasteiger partial charge in [0.2, 0.25) is 0 Å². The van der Waals surface area contributed by atoms with E-state index in [0.29, 0.717) is 40.9 Å². The van der Waals surface area contributed by atoms with Gasteiger partial charge in [-0.25, -0.2) is 10.4 Å². The largest absolute Gasteiger partial charge is 0.490 e. The van der Waals surface area contributed by atoms with Crippen LogP contribution in [-0.2, 0) is 0 Å². The van der Waals surface area contributed by atoms with Crippen LogP contribution in [0, 0.1) is 6.92 Å². The van der Waals surface area contributed by atoms with Crippen LogP contribution in [0.1, 0.15) is 35.3 Å². The number of carbonyl (C=O) groups is 1. The van der Waals surface area contributed by atoms with Gasteiger partial charge in [-0.05, 0) is 51.1 Å². The number of aryl methyl sites for hydroxylation is 1. The molecular weight excluding hydrogens is 508 g/mol. The lowest BCUT2D eigenvalue weighted by atomic mass is 10.1. The highest BCUT2D eigenvalue weighted by atomic mass is 35.5. The second-order valence-corrected chi connectivity index (χ2v) is 9.26. The first-order valence-electron chi connectivity index (χ1n) is 11.8. The number of halogens is 1. The molecule has 1 heterocycles. The van der Waals surface area contributed by atoms with Crippen molar-refractivity contribution in [3.8, 4) is 22.8 Å². The number of anilines is 2. The topological polar surface area (TPSA) is 84.8 Å². The van der Waals surface area contributed by atoms with E-state index in [1.54, 1.807) is 24.3 Å². The van der Waals surface area contributed by atoms with Crippen LogP contribution in [0.25, 0.3) is 11.3 Å². The molecular formula is C28H27ClN4O3S. The van der Waals surface area contributed by atoms with Crippen LogP contribution in [0.5, 0.6) is 11.5 Å². The summed E-state index contributed by atoms with van der Waals surface area (Å²) in [7, 11) is 0. The smallest absolute Gasteiger partial charge is 0.271 e. The zero-order valence-electron chi connectivity index (χ0n) is 20.7. The predicted molar refractivity (Wildman–Crippen MR) is 151 cm³/mol. The molecule has 190 valence electrons. The molecule has 0 saturated heterocycles. The van der Waals surface area contributed by atoms with Gasteiger partial charge in [0, 0.05) is 33.8 Å². The molecule has 0 atom stereocenters. The molecule has 4 aromatic rings. The minimum atomic E-state index is -0.338. The van der Waals surface area contributed by atoms with Crippen molar-refractivity contribution in [1.29, 1.82) is 0 Å². The monoisotopic (exact) mass is 534 g/mol. The molecule has 0 spiro atoms. The molecule has 7 nitrogen and oxygen atoms in total. The van der Waals surface area contributed by atoms with Gasteiger partial charge in [0.05, 0.1) is 30.1 Å². The van der Waals surface area contributed by atoms with Crippen molar-refractivity contribution in [2.24, 2.45) is 5.10 Å². The number of hydrogen-bond donors (Lipinski definition) is 2. The molecule has 1 amide bonds. The Labute approximate surface area is 225 Å². The van der Waals surface area contributed by atoms with Gasteiger partial charge in [-0.2, -0.15) is 5.10 Å². The van der Waals surface area contributed by atoms with E-state index in [0.717, 1.165) is 22.1 Å². The van der Waals surface area contributed by atoms with Crippen LogP contribution in [-0.4, -0.2) is 30.3 Å². The molecule has 2 N–H and O–H groups in total. The molecule has 3 aromatic carbocycles. The summed E-state index contributed by atoms with van der Waals surface area (Å²) in [6.45, 7) is 6.80. The summed E-state index contributed by atoms with van der Waals surface area (Å²) in [4.78, 5) is 17.2. The Morgan fingerprint density at radius 2 is 1.70 bits per heavy atom. The van der Waals surface area contributed by atoms with Gasteiger partial charge in [-0.1, -0.05) is 41.4 Å². The number of benzene rings is 3. The predicted octanol–water partition coefficient (Wildman–Crippen LogP) is 7.08. The van der Waals surface area contributed by atoms with Gasteiger partial charge in [-0.15, -0.1) is 11.3 Å². The van der Waals surface area contributed by atoms with E-state index in [1.165, 1.54) is 23.1 Å². The standard InChI is InChI=1S/C28H27ClN4O3S/c1-4-35-25-14-21(23(29)15-26(25)36-5-2)16-30-33-27(34)20-10-8-19(9-11-20)24-17-37-28(32-24)31-22-12-6-18(3)7-13-22/h6-17H,4-5H2,1-3H3,(H,31,32)(H,33,34)/b30-16-. The Balaban J connectivity index is 1.38. The lowest BCUT2D eigenvalue weighted by molar-refractivity contribution is 0.0955. The van der Waals surface area contributed by atoms with Gasteiger partial charge in [0.15, 0.2) is 16.6 Å². The number of amides is 1. The summed E-state index contributed by atoms with van der Waals surface area (Å²) < 4.78 is 11.2. The quantitative estimate of drug-likeness (QED) is 0.168. The highest BCUT2D eigenvalue weighted by Gasteiger charge is 2.11. The van der Waals surface area contributed by atoms with Crippen molar-refractivity contribution in [3.63, 3.8) is 0 Å². The van der Waals surface area contributed by atoms with E-state index in [9.17, 15) is 4.79 Å². The summed E-state index contributed by atoms with van der Waals surface area (Å²) in [6.07, 6.45) is 1.48. The molecule has 0 unspecified atom stereocenters. The molecule has 0 aliphatic heterocycles. The zero-order valence-corrected chi connectivity index (χ0v) is 22.3. The number of nitrogens with one attached hydrogen (secondary N) is 2. The first kappa shape index (κ1) is 26.2. The highest BCUT2D eigenvalue weighted by molar-refractivity contribution is 7.14. The average molecular weight is 535 g/mol. The van der Waals surface area contributed by atoms with Crippen molar-refractivity contribution in [3.05, 3.63) is 87.8 Å². The van der Waals surface area contributed by atoms with Crippen LogP contribution in [0.15, 0.2) is 71.1 Å². The summed E-state index contributed by atoms with van der Waals surface area (Å²) in [5.41, 5.74) is 7.55. The van der Waals surface area contributed by atoms with Gasteiger partial charge in [0.1, 0.15) is 0 Å². The number of hydrazone groups is 1. The van der Waals surface area contributed by atoms with Gasteiger partial charge in [0.25, 0.3) is 5.91 Å². The summed E-state index contributed by atoms with van der Waals surface area (Å²) in [6, 6.07) is 18.8. The van der Waals surface area contributed by atoms with E-state index in [1.807, 2.05) is 43.5 Å². The molecule has 0 fully saturated rings. The first-order chi connectivity index (χ1) is 18.0. The van der Waals surface area contributed by atoms with Gasteiger partial charge < -0.3 is 14.8 Å². The second kappa shape index (κ2) is 12.4. The van der Waals surface area contributed by atoms with Gasteiger partial charge >= 0.3 is 0 Å². The summed E-state index contributed by atoms with van der Waals surface area (Å²) >= 11 is 7.87. The third kappa shape index (κ3) is 6.87. The van der Waals surface area contributed by atoms with Crippen LogP contribution in [0.3, 0.4) is 0 Å². The Kier molecular flexibility index (Phi) is 8.77. The fourth-order valence-electron chi connectivity index (χ4n) is 3.43. The van der Waals surface area contributed by atoms with Crippen molar-refractivity contribution < 1.29 is 14.3 Å². The number of aromatic nitrogens is 1. The molecule has 0 aliphatic rings. The third-order valence-corrected chi connectivity index (χ3v) is 6.37. The molecule has 4 rings (SSSR count). The molecule has 1 aromatic heterocycles. The number of thiazole rings is 1. The van der Waals surface area contributed by atoms with E-state index >= 15 is 0 Å². The molecule has 0 aliphatic carbocycles. The van der Waals surface area contributed by atoms with E-state index in [-0.39, 0.29) is 5.91 Å². The minimum Gasteiger partial charge on any atom is -0.490 e. The van der Waals surface area contributed by atoms with E-state index in [4.69, 9.17) is 21.1 Å². The number of nitrogens with zero attached hydrogens (tertiary/aromatic N) is 2. The van der Waals surface area contributed by atoms with Crippen LogP contribution >= 0.6 is 22.9 Å². The zero-order chi connectivity index (χ0) is 26.2. The first-order valence-corrected chi connectivity index (χ1v) is 13.0. The molecule has 0 bridgehead atoms. The lowest BCUT2D eigenvalue weighted by Gasteiger charge is -2.12. The second-order valence-electron chi connectivity index (χ2n) is 7.99. The molecule has 9 heteroatoms. The Bertz CT molecular complexity index is 1390. The number of carbonyl (C=O) groups excluding carboxylic acids is 1. The normalized spacial score (nSPS) is 10.9. The number of rotatable bonds is 10. The van der Waals surface area contributed by atoms with Crippen molar-refractivity contribution >= 4 is 45.9 Å². The molecule has 37 heavy (non-hydrogen) atoms. The molecule has 0 saturated carbocycles. The van der Waals surface area contributed by atoms with Crippen molar-refractivity contribution in [2.75, 3.05) is 18.5 Å².